The maximum Gasteiger partial charge on any atom is 0.188 e. The number of imidazole rings is 1. The van der Waals surface area contributed by atoms with Crippen LogP contribution in [0.2, 0.25) is 0 Å². The van der Waals surface area contributed by atoms with Crippen molar-refractivity contribution in [2.24, 2.45) is 0 Å². The Kier molecular flexibility index (Phi) is 4.57. The van der Waals surface area contributed by atoms with Gasteiger partial charge in [-0.2, -0.15) is 5.10 Å². The van der Waals surface area contributed by atoms with E-state index in [0.717, 1.165) is 44.6 Å². The van der Waals surface area contributed by atoms with E-state index in [9.17, 15) is 0 Å². The number of hydrogen-bond donors (Lipinski definition) is 2. The van der Waals surface area contributed by atoms with Gasteiger partial charge in [0.25, 0.3) is 0 Å². The number of methoxy groups -OCH3 is 2. The Morgan fingerprint density at radius 2 is 1.70 bits per heavy atom. The van der Waals surface area contributed by atoms with Gasteiger partial charge in [-0.05, 0) is 47.5 Å². The van der Waals surface area contributed by atoms with Gasteiger partial charge >= 0.3 is 0 Å². The number of hydrogen-bond acceptors (Lipinski definition) is 5. The SMILES string of the molecule is COCOc1ccc(-c2ccc3c(-c4nc5ccccc5[nH]4)n[nH]c3c2)cc1OC. The summed E-state index contributed by atoms with van der Waals surface area (Å²) in [6.07, 6.45) is 0. The largest absolute Gasteiger partial charge is 0.493 e. The van der Waals surface area contributed by atoms with Crippen LogP contribution in [0.1, 0.15) is 0 Å². The molecule has 0 unspecified atom stereocenters. The molecule has 0 atom stereocenters. The molecular formula is C23H20N4O3. The second-order valence-corrected chi connectivity index (χ2v) is 6.85. The van der Waals surface area contributed by atoms with Crippen LogP contribution in [0.4, 0.5) is 0 Å². The van der Waals surface area contributed by atoms with E-state index < -0.39 is 0 Å². The van der Waals surface area contributed by atoms with Crippen molar-refractivity contribution in [2.45, 2.75) is 0 Å². The number of para-hydroxylation sites is 2. The summed E-state index contributed by atoms with van der Waals surface area (Å²) in [6, 6.07) is 20.0. The van der Waals surface area contributed by atoms with Crippen molar-refractivity contribution < 1.29 is 14.2 Å². The third-order valence-corrected chi connectivity index (χ3v) is 5.01. The average Bonchev–Trinajstić information content (AvgIpc) is 3.40. The first kappa shape index (κ1) is 18.2. The molecule has 0 fully saturated rings. The van der Waals surface area contributed by atoms with Crippen molar-refractivity contribution in [2.75, 3.05) is 21.0 Å². The quantitative estimate of drug-likeness (QED) is 0.401. The molecule has 2 N–H and O–H groups in total. The zero-order valence-corrected chi connectivity index (χ0v) is 16.6. The summed E-state index contributed by atoms with van der Waals surface area (Å²) in [5, 5.41) is 8.63. The van der Waals surface area contributed by atoms with Gasteiger partial charge in [0.2, 0.25) is 0 Å². The zero-order valence-electron chi connectivity index (χ0n) is 16.6. The molecule has 5 rings (SSSR count). The Labute approximate surface area is 172 Å². The molecule has 0 aliphatic carbocycles. The fourth-order valence-electron chi connectivity index (χ4n) is 3.53. The van der Waals surface area contributed by atoms with E-state index in [1.807, 2.05) is 42.5 Å². The number of ether oxygens (including phenoxy) is 3. The minimum absolute atomic E-state index is 0.167. The molecule has 7 nitrogen and oxygen atoms in total. The molecule has 0 amide bonds. The molecule has 0 aliphatic heterocycles. The Morgan fingerprint density at radius 3 is 2.53 bits per heavy atom. The summed E-state index contributed by atoms with van der Waals surface area (Å²) in [5.41, 5.74) is 5.69. The van der Waals surface area contributed by atoms with Gasteiger partial charge < -0.3 is 19.2 Å². The second-order valence-electron chi connectivity index (χ2n) is 6.85. The molecule has 0 bridgehead atoms. The predicted octanol–water partition coefficient (Wildman–Crippen LogP) is 4.76. The van der Waals surface area contributed by atoms with Gasteiger partial charge in [-0.15, -0.1) is 0 Å². The Morgan fingerprint density at radius 1 is 0.867 bits per heavy atom. The summed E-state index contributed by atoms with van der Waals surface area (Å²) < 4.78 is 16.0. The lowest BCUT2D eigenvalue weighted by Crippen LogP contribution is -2.00. The molecule has 2 aromatic heterocycles. The Bertz CT molecular complexity index is 1310. The van der Waals surface area contributed by atoms with Gasteiger partial charge in [0, 0.05) is 12.5 Å². The Balaban J connectivity index is 1.52. The van der Waals surface area contributed by atoms with Crippen LogP contribution in [0.15, 0.2) is 60.7 Å². The molecule has 0 spiro atoms. The summed E-state index contributed by atoms with van der Waals surface area (Å²) >= 11 is 0. The fraction of sp³-hybridized carbons (Fsp3) is 0.130. The minimum Gasteiger partial charge on any atom is -0.493 e. The standard InChI is InChI=1S/C23H20N4O3/c1-28-13-30-20-10-8-15(12-21(20)29-2)14-7-9-16-19(11-14)26-27-22(16)23-24-17-5-3-4-6-18(17)25-23/h3-12H,13H2,1-2H3,(H,24,25)(H,26,27). The maximum absolute atomic E-state index is 5.54. The van der Waals surface area contributed by atoms with Crippen LogP contribution in [0.3, 0.4) is 0 Å². The number of nitrogens with zero attached hydrogens (tertiary/aromatic N) is 2. The van der Waals surface area contributed by atoms with E-state index in [4.69, 9.17) is 14.2 Å². The molecule has 0 saturated carbocycles. The smallest absolute Gasteiger partial charge is 0.188 e. The Hall–Kier alpha value is -3.84. The number of nitrogens with one attached hydrogen (secondary N) is 2. The van der Waals surface area contributed by atoms with Gasteiger partial charge in [-0.25, -0.2) is 4.98 Å². The van der Waals surface area contributed by atoms with Crippen molar-refractivity contribution in [3.63, 3.8) is 0 Å². The zero-order chi connectivity index (χ0) is 20.5. The molecule has 150 valence electrons. The highest BCUT2D eigenvalue weighted by atomic mass is 16.7. The van der Waals surface area contributed by atoms with Gasteiger partial charge in [0.05, 0.1) is 23.7 Å². The van der Waals surface area contributed by atoms with E-state index in [1.165, 1.54) is 0 Å². The van der Waals surface area contributed by atoms with Crippen LogP contribution < -0.4 is 9.47 Å². The fourth-order valence-corrected chi connectivity index (χ4v) is 3.53. The van der Waals surface area contributed by atoms with E-state index in [0.29, 0.717) is 11.5 Å². The number of aromatic amines is 2. The number of H-pyrrole nitrogens is 2. The monoisotopic (exact) mass is 400 g/mol. The van der Waals surface area contributed by atoms with Gasteiger partial charge in [-0.3, -0.25) is 5.10 Å². The number of rotatable bonds is 6. The van der Waals surface area contributed by atoms with Crippen molar-refractivity contribution in [3.05, 3.63) is 60.7 Å². The molecule has 0 aliphatic rings. The predicted molar refractivity (Wildman–Crippen MR) is 116 cm³/mol. The van der Waals surface area contributed by atoms with E-state index in [1.54, 1.807) is 14.2 Å². The third-order valence-electron chi connectivity index (χ3n) is 5.01. The van der Waals surface area contributed by atoms with E-state index in [2.05, 4.69) is 38.4 Å². The minimum atomic E-state index is 0.167. The molecule has 5 aromatic rings. The van der Waals surface area contributed by atoms with Crippen LogP contribution in [0, 0.1) is 0 Å². The highest BCUT2D eigenvalue weighted by molar-refractivity contribution is 5.95. The van der Waals surface area contributed by atoms with Crippen molar-refractivity contribution in [3.8, 4) is 34.1 Å². The lowest BCUT2D eigenvalue weighted by Gasteiger charge is -2.11. The van der Waals surface area contributed by atoms with Crippen LogP contribution in [-0.2, 0) is 4.74 Å². The molecule has 3 aromatic carbocycles. The van der Waals surface area contributed by atoms with Crippen molar-refractivity contribution in [1.29, 1.82) is 0 Å². The number of aromatic nitrogens is 4. The van der Waals surface area contributed by atoms with Gasteiger partial charge in [-0.1, -0.05) is 24.3 Å². The van der Waals surface area contributed by atoms with E-state index in [-0.39, 0.29) is 6.79 Å². The van der Waals surface area contributed by atoms with Crippen LogP contribution in [0.25, 0.3) is 44.6 Å². The first-order valence-electron chi connectivity index (χ1n) is 9.50. The summed E-state index contributed by atoms with van der Waals surface area (Å²) in [5.74, 6) is 2.03. The van der Waals surface area contributed by atoms with Crippen molar-refractivity contribution in [1.82, 2.24) is 20.2 Å². The summed E-state index contributed by atoms with van der Waals surface area (Å²) in [4.78, 5) is 8.00. The molecule has 30 heavy (non-hydrogen) atoms. The summed E-state index contributed by atoms with van der Waals surface area (Å²) in [7, 11) is 3.20. The number of benzene rings is 3. The molecule has 2 heterocycles. The third kappa shape index (κ3) is 3.15. The van der Waals surface area contributed by atoms with Crippen LogP contribution >= 0.6 is 0 Å². The normalized spacial score (nSPS) is 11.3. The maximum atomic E-state index is 5.54. The lowest BCUT2D eigenvalue weighted by atomic mass is 10.0. The lowest BCUT2D eigenvalue weighted by molar-refractivity contribution is 0.0492. The van der Waals surface area contributed by atoms with Gasteiger partial charge in [0.1, 0.15) is 5.69 Å². The first-order chi connectivity index (χ1) is 14.8. The average molecular weight is 400 g/mol. The highest BCUT2D eigenvalue weighted by Gasteiger charge is 2.14. The molecule has 0 radical (unpaired) electrons. The first-order valence-corrected chi connectivity index (χ1v) is 9.50. The molecule has 0 saturated heterocycles. The van der Waals surface area contributed by atoms with Gasteiger partial charge in [0.15, 0.2) is 24.1 Å². The van der Waals surface area contributed by atoms with E-state index >= 15 is 0 Å². The van der Waals surface area contributed by atoms with Crippen LogP contribution in [0.5, 0.6) is 11.5 Å². The van der Waals surface area contributed by atoms with Crippen molar-refractivity contribution >= 4 is 21.9 Å². The second kappa shape index (κ2) is 7.53. The highest BCUT2D eigenvalue weighted by Crippen LogP contribution is 2.34. The molecule has 7 heteroatoms. The van der Waals surface area contributed by atoms with Crippen LogP contribution in [-0.4, -0.2) is 41.2 Å². The summed E-state index contributed by atoms with van der Waals surface area (Å²) in [6.45, 7) is 0.167. The molecular weight excluding hydrogens is 380 g/mol. The topological polar surface area (TPSA) is 85.0 Å². The number of fused-ring (bicyclic) bond motifs is 2.